The zero-order valence-corrected chi connectivity index (χ0v) is 15.0. The van der Waals surface area contributed by atoms with E-state index in [1.54, 1.807) is 43.5 Å². The van der Waals surface area contributed by atoms with Crippen LogP contribution in [0.1, 0.15) is 11.1 Å². The monoisotopic (exact) mass is 362 g/mol. The number of hydrogen-bond donors (Lipinski definition) is 1. The van der Waals surface area contributed by atoms with Gasteiger partial charge in [0.15, 0.2) is 18.1 Å². The number of anilines is 1. The molecule has 2 aromatic rings. The van der Waals surface area contributed by atoms with Gasteiger partial charge in [-0.15, -0.1) is 0 Å². The second-order valence-electron chi connectivity index (χ2n) is 5.10. The molecular formula is C18H19ClN2O4. The second kappa shape index (κ2) is 8.94. The minimum Gasteiger partial charge on any atom is -0.493 e. The highest BCUT2D eigenvalue weighted by atomic mass is 35.5. The number of benzene rings is 2. The molecule has 0 spiro atoms. The van der Waals surface area contributed by atoms with E-state index >= 15 is 0 Å². The standard InChI is InChI=1S/C18H19ClN2O4/c1-12-9-14(19)7-8-15(12)21-17(22)11-25-20-10-13-5-4-6-16(23-2)18(13)24-3/h4-10H,11H2,1-3H3,(H,21,22)/b20-10-. The normalized spacial score (nSPS) is 10.6. The van der Waals surface area contributed by atoms with Gasteiger partial charge in [0, 0.05) is 16.3 Å². The number of aryl methyl sites for hydroxylation is 1. The van der Waals surface area contributed by atoms with Gasteiger partial charge in [-0.3, -0.25) is 4.79 Å². The van der Waals surface area contributed by atoms with E-state index in [0.29, 0.717) is 27.8 Å². The molecule has 0 aromatic heterocycles. The summed E-state index contributed by atoms with van der Waals surface area (Å²) < 4.78 is 10.5. The van der Waals surface area contributed by atoms with Gasteiger partial charge in [-0.25, -0.2) is 0 Å². The maximum atomic E-state index is 11.9. The zero-order valence-electron chi connectivity index (χ0n) is 14.2. The number of methoxy groups -OCH3 is 2. The number of carbonyl (C=O) groups is 1. The molecule has 0 heterocycles. The Kier molecular flexibility index (Phi) is 6.65. The average molecular weight is 363 g/mol. The van der Waals surface area contributed by atoms with Crippen molar-refractivity contribution in [2.75, 3.05) is 26.1 Å². The van der Waals surface area contributed by atoms with Crippen LogP contribution >= 0.6 is 11.6 Å². The SMILES string of the molecule is COc1cccc(/C=N\OCC(=O)Nc2ccc(Cl)cc2C)c1OC. The van der Waals surface area contributed by atoms with E-state index in [1.807, 2.05) is 6.92 Å². The summed E-state index contributed by atoms with van der Waals surface area (Å²) in [7, 11) is 3.09. The fraction of sp³-hybridized carbons (Fsp3) is 0.222. The Labute approximate surface area is 151 Å². The summed E-state index contributed by atoms with van der Waals surface area (Å²) in [5, 5.41) is 7.15. The third kappa shape index (κ3) is 5.12. The molecule has 0 bridgehead atoms. The Morgan fingerprint density at radius 3 is 2.72 bits per heavy atom. The van der Waals surface area contributed by atoms with Crippen LogP contribution in [0.5, 0.6) is 11.5 Å². The molecule has 0 saturated carbocycles. The van der Waals surface area contributed by atoms with Gasteiger partial charge in [0.1, 0.15) is 0 Å². The molecule has 0 unspecified atom stereocenters. The molecule has 0 fully saturated rings. The first-order chi connectivity index (χ1) is 12.0. The predicted octanol–water partition coefficient (Wildman–Crippen LogP) is 3.65. The Morgan fingerprint density at radius 1 is 1.24 bits per heavy atom. The summed E-state index contributed by atoms with van der Waals surface area (Å²) in [6.45, 7) is 1.64. The largest absolute Gasteiger partial charge is 0.493 e. The number of carbonyl (C=O) groups excluding carboxylic acids is 1. The summed E-state index contributed by atoms with van der Waals surface area (Å²) in [6.07, 6.45) is 1.46. The van der Waals surface area contributed by atoms with Gasteiger partial charge in [-0.1, -0.05) is 22.8 Å². The molecule has 0 aliphatic rings. The van der Waals surface area contributed by atoms with Crippen molar-refractivity contribution in [2.45, 2.75) is 6.92 Å². The smallest absolute Gasteiger partial charge is 0.265 e. The van der Waals surface area contributed by atoms with Crippen LogP contribution in [0.3, 0.4) is 0 Å². The molecule has 2 rings (SSSR count). The number of rotatable bonds is 7. The van der Waals surface area contributed by atoms with Gasteiger partial charge in [-0.2, -0.15) is 0 Å². The topological polar surface area (TPSA) is 69.2 Å². The fourth-order valence-corrected chi connectivity index (χ4v) is 2.38. The van der Waals surface area contributed by atoms with Crippen LogP contribution in [0.2, 0.25) is 5.02 Å². The van der Waals surface area contributed by atoms with E-state index in [2.05, 4.69) is 10.5 Å². The number of amides is 1. The molecule has 0 radical (unpaired) electrons. The van der Waals surface area contributed by atoms with Crippen molar-refractivity contribution >= 4 is 29.4 Å². The quantitative estimate of drug-likeness (QED) is 0.603. The third-order valence-corrected chi connectivity index (χ3v) is 3.59. The molecule has 25 heavy (non-hydrogen) atoms. The van der Waals surface area contributed by atoms with Crippen LogP contribution < -0.4 is 14.8 Å². The van der Waals surface area contributed by atoms with Gasteiger partial charge < -0.3 is 19.6 Å². The number of nitrogens with one attached hydrogen (secondary N) is 1. The van der Waals surface area contributed by atoms with Crippen LogP contribution in [0.4, 0.5) is 5.69 Å². The number of oxime groups is 1. The van der Waals surface area contributed by atoms with Gasteiger partial charge in [0.25, 0.3) is 5.91 Å². The Bertz CT molecular complexity index is 778. The van der Waals surface area contributed by atoms with E-state index in [0.717, 1.165) is 5.56 Å². The zero-order chi connectivity index (χ0) is 18.2. The molecule has 0 aliphatic heterocycles. The Balaban J connectivity index is 1.92. The number of para-hydroxylation sites is 1. The van der Waals surface area contributed by atoms with Crippen molar-refractivity contribution < 1.29 is 19.1 Å². The van der Waals surface area contributed by atoms with E-state index in [9.17, 15) is 4.79 Å². The lowest BCUT2D eigenvalue weighted by molar-refractivity contribution is -0.120. The van der Waals surface area contributed by atoms with Crippen molar-refractivity contribution in [3.63, 3.8) is 0 Å². The van der Waals surface area contributed by atoms with Gasteiger partial charge in [0.05, 0.1) is 20.4 Å². The lowest BCUT2D eigenvalue weighted by atomic mass is 10.2. The maximum absolute atomic E-state index is 11.9. The maximum Gasteiger partial charge on any atom is 0.265 e. The van der Waals surface area contributed by atoms with Crippen LogP contribution in [0.15, 0.2) is 41.6 Å². The molecule has 0 aliphatic carbocycles. The van der Waals surface area contributed by atoms with Crippen LogP contribution in [-0.2, 0) is 9.63 Å². The highest BCUT2D eigenvalue weighted by Gasteiger charge is 2.08. The van der Waals surface area contributed by atoms with Crippen molar-refractivity contribution in [2.24, 2.45) is 5.16 Å². The Hall–Kier alpha value is -2.73. The predicted molar refractivity (Wildman–Crippen MR) is 97.9 cm³/mol. The lowest BCUT2D eigenvalue weighted by Gasteiger charge is -2.09. The highest BCUT2D eigenvalue weighted by Crippen LogP contribution is 2.29. The molecule has 7 heteroatoms. The minimum atomic E-state index is -0.319. The minimum absolute atomic E-state index is 0.217. The molecule has 0 saturated heterocycles. The van der Waals surface area contributed by atoms with Crippen molar-refractivity contribution in [3.8, 4) is 11.5 Å². The summed E-state index contributed by atoms with van der Waals surface area (Å²) >= 11 is 5.88. The molecule has 6 nitrogen and oxygen atoms in total. The molecule has 1 N–H and O–H groups in total. The van der Waals surface area contributed by atoms with Gasteiger partial charge in [0.2, 0.25) is 0 Å². The molecule has 132 valence electrons. The first-order valence-electron chi connectivity index (χ1n) is 7.47. The number of hydrogen-bond acceptors (Lipinski definition) is 5. The lowest BCUT2D eigenvalue weighted by Crippen LogP contribution is -2.17. The van der Waals surface area contributed by atoms with Crippen LogP contribution in [0, 0.1) is 6.92 Å². The third-order valence-electron chi connectivity index (χ3n) is 3.36. The van der Waals surface area contributed by atoms with Crippen LogP contribution in [-0.4, -0.2) is 32.9 Å². The molecule has 1 amide bonds. The van der Waals surface area contributed by atoms with Gasteiger partial charge in [-0.05, 0) is 42.8 Å². The van der Waals surface area contributed by atoms with E-state index in [4.69, 9.17) is 25.9 Å². The summed E-state index contributed by atoms with van der Waals surface area (Å²) in [5.74, 6) is 0.807. The van der Waals surface area contributed by atoms with Crippen LogP contribution in [0.25, 0.3) is 0 Å². The number of nitrogens with zero attached hydrogens (tertiary/aromatic N) is 1. The number of halogens is 1. The van der Waals surface area contributed by atoms with E-state index in [1.165, 1.54) is 13.3 Å². The second-order valence-corrected chi connectivity index (χ2v) is 5.53. The molecular weight excluding hydrogens is 344 g/mol. The highest BCUT2D eigenvalue weighted by molar-refractivity contribution is 6.30. The van der Waals surface area contributed by atoms with Crippen molar-refractivity contribution in [1.82, 2.24) is 0 Å². The fourth-order valence-electron chi connectivity index (χ4n) is 2.16. The average Bonchev–Trinajstić information content (AvgIpc) is 2.60. The Morgan fingerprint density at radius 2 is 2.04 bits per heavy atom. The summed E-state index contributed by atoms with van der Waals surface area (Å²) in [5.41, 5.74) is 2.22. The summed E-state index contributed by atoms with van der Waals surface area (Å²) in [4.78, 5) is 16.9. The number of ether oxygens (including phenoxy) is 2. The van der Waals surface area contributed by atoms with Gasteiger partial charge >= 0.3 is 0 Å². The van der Waals surface area contributed by atoms with E-state index in [-0.39, 0.29) is 12.5 Å². The van der Waals surface area contributed by atoms with Crippen molar-refractivity contribution in [1.29, 1.82) is 0 Å². The first kappa shape index (κ1) is 18.6. The van der Waals surface area contributed by atoms with Crippen molar-refractivity contribution in [3.05, 3.63) is 52.5 Å². The summed E-state index contributed by atoms with van der Waals surface area (Å²) in [6, 6.07) is 10.6. The molecule has 0 atom stereocenters. The van der Waals surface area contributed by atoms with E-state index < -0.39 is 0 Å². The first-order valence-corrected chi connectivity index (χ1v) is 7.85. The molecule has 2 aromatic carbocycles.